The van der Waals surface area contributed by atoms with Crippen molar-refractivity contribution in [1.82, 2.24) is 0 Å². The molecular formula is C57H41N. The van der Waals surface area contributed by atoms with Crippen molar-refractivity contribution < 1.29 is 0 Å². The highest BCUT2D eigenvalue weighted by Crippen LogP contribution is 2.54. The Morgan fingerprint density at radius 1 is 0.328 bits per heavy atom. The van der Waals surface area contributed by atoms with Crippen molar-refractivity contribution in [2.75, 3.05) is 4.90 Å². The second-order valence-electron chi connectivity index (χ2n) is 16.1. The topological polar surface area (TPSA) is 3.24 Å². The normalized spacial score (nSPS) is 12.8. The van der Waals surface area contributed by atoms with Crippen molar-refractivity contribution in [2.24, 2.45) is 0 Å². The minimum Gasteiger partial charge on any atom is -0.309 e. The van der Waals surface area contributed by atoms with Crippen LogP contribution in [-0.2, 0) is 5.41 Å². The Balaban J connectivity index is 1.31. The van der Waals surface area contributed by atoms with Crippen LogP contribution >= 0.6 is 0 Å². The number of fused-ring (bicyclic) bond motifs is 7. The van der Waals surface area contributed by atoms with E-state index in [9.17, 15) is 0 Å². The third kappa shape index (κ3) is 5.39. The maximum atomic E-state index is 2.57. The summed E-state index contributed by atoms with van der Waals surface area (Å²) >= 11 is 0. The molecule has 0 aliphatic heterocycles. The third-order valence-corrected chi connectivity index (χ3v) is 12.4. The van der Waals surface area contributed by atoms with Gasteiger partial charge in [-0.2, -0.15) is 0 Å². The average molecular weight is 740 g/mol. The summed E-state index contributed by atoms with van der Waals surface area (Å²) in [7, 11) is 0. The van der Waals surface area contributed by atoms with Gasteiger partial charge in [0.1, 0.15) is 0 Å². The van der Waals surface area contributed by atoms with E-state index in [-0.39, 0.29) is 5.41 Å². The zero-order valence-corrected chi connectivity index (χ0v) is 32.7. The average Bonchev–Trinajstić information content (AvgIpc) is 3.52. The Morgan fingerprint density at radius 2 is 0.845 bits per heavy atom. The molecule has 0 spiro atoms. The minimum absolute atomic E-state index is 0.168. The van der Waals surface area contributed by atoms with Gasteiger partial charge in [0.15, 0.2) is 0 Å². The molecule has 0 unspecified atom stereocenters. The van der Waals surface area contributed by atoms with E-state index in [4.69, 9.17) is 0 Å². The summed E-state index contributed by atoms with van der Waals surface area (Å²) in [6.45, 7) is 4.75. The van der Waals surface area contributed by atoms with Gasteiger partial charge in [-0.25, -0.2) is 0 Å². The standard InChI is InChI=1S/C57H41N/c1-57(2)53-31-16-15-27-48(53)49-33-32-43(37-54(49)57)58(44-35-41(38-18-5-3-6-19-38)34-42(36-44)39-20-7-4-8-21-39)56-52-29-14-12-26-47(52)46-25-11-13-28-51(46)55(56)50-30-17-23-40-22-9-10-24-45(40)50/h3-37H,1-2H3. The Morgan fingerprint density at radius 3 is 1.55 bits per heavy atom. The minimum atomic E-state index is -0.168. The van der Waals surface area contributed by atoms with Crippen molar-refractivity contribution in [2.45, 2.75) is 19.3 Å². The quantitative estimate of drug-likeness (QED) is 0.154. The summed E-state index contributed by atoms with van der Waals surface area (Å²) in [6, 6.07) is 78.5. The van der Waals surface area contributed by atoms with Crippen LogP contribution in [0.15, 0.2) is 212 Å². The fourth-order valence-electron chi connectivity index (χ4n) is 9.64. The van der Waals surface area contributed by atoms with E-state index in [1.807, 2.05) is 0 Å². The lowest BCUT2D eigenvalue weighted by molar-refractivity contribution is 0.660. The molecule has 0 heterocycles. The zero-order chi connectivity index (χ0) is 38.8. The van der Waals surface area contributed by atoms with Gasteiger partial charge in [-0.1, -0.05) is 196 Å². The molecule has 0 atom stereocenters. The predicted molar refractivity (Wildman–Crippen MR) is 248 cm³/mol. The fourth-order valence-corrected chi connectivity index (χ4v) is 9.64. The van der Waals surface area contributed by atoms with Crippen LogP contribution in [-0.4, -0.2) is 0 Å². The van der Waals surface area contributed by atoms with E-state index in [0.717, 1.165) is 11.4 Å². The number of anilines is 3. The second kappa shape index (κ2) is 13.5. The van der Waals surface area contributed by atoms with Crippen molar-refractivity contribution in [3.05, 3.63) is 223 Å². The molecule has 58 heavy (non-hydrogen) atoms. The summed E-state index contributed by atoms with van der Waals surface area (Å²) in [5.74, 6) is 0. The first-order valence-corrected chi connectivity index (χ1v) is 20.3. The molecule has 0 saturated heterocycles. The van der Waals surface area contributed by atoms with E-state index in [1.165, 1.54) is 93.6 Å². The van der Waals surface area contributed by atoms with Crippen molar-refractivity contribution in [3.8, 4) is 44.5 Å². The van der Waals surface area contributed by atoms with Crippen LogP contribution in [0.3, 0.4) is 0 Å². The Labute approximate surface area is 340 Å². The Kier molecular flexibility index (Phi) is 7.91. The molecule has 0 aromatic heterocycles. The molecule has 0 amide bonds. The van der Waals surface area contributed by atoms with Crippen LogP contribution < -0.4 is 4.90 Å². The summed E-state index contributed by atoms with van der Waals surface area (Å²) in [4.78, 5) is 2.57. The first-order valence-electron chi connectivity index (χ1n) is 20.3. The number of hydrogen-bond donors (Lipinski definition) is 0. The van der Waals surface area contributed by atoms with E-state index in [0.29, 0.717) is 0 Å². The van der Waals surface area contributed by atoms with Gasteiger partial charge in [-0.05, 0) is 107 Å². The lowest BCUT2D eigenvalue weighted by atomic mass is 9.82. The molecule has 0 fully saturated rings. The van der Waals surface area contributed by atoms with Gasteiger partial charge in [0.25, 0.3) is 0 Å². The zero-order valence-electron chi connectivity index (χ0n) is 32.7. The number of hydrogen-bond acceptors (Lipinski definition) is 1. The van der Waals surface area contributed by atoms with Gasteiger partial charge in [0.05, 0.1) is 5.69 Å². The summed E-state index contributed by atoms with van der Waals surface area (Å²) in [5.41, 5.74) is 15.7. The van der Waals surface area contributed by atoms with Crippen LogP contribution in [0, 0.1) is 0 Å². The molecule has 1 nitrogen and oxygen atoms in total. The van der Waals surface area contributed by atoms with Crippen LogP contribution in [0.1, 0.15) is 25.0 Å². The molecule has 11 rings (SSSR count). The van der Waals surface area contributed by atoms with Gasteiger partial charge in [-0.3, -0.25) is 0 Å². The largest absolute Gasteiger partial charge is 0.309 e. The second-order valence-corrected chi connectivity index (χ2v) is 16.1. The Bertz CT molecular complexity index is 3130. The molecule has 0 radical (unpaired) electrons. The van der Waals surface area contributed by atoms with Gasteiger partial charge in [0, 0.05) is 27.7 Å². The smallest absolute Gasteiger partial charge is 0.0625 e. The predicted octanol–water partition coefficient (Wildman–Crippen LogP) is 15.9. The van der Waals surface area contributed by atoms with Crippen LogP contribution in [0.5, 0.6) is 0 Å². The summed E-state index contributed by atoms with van der Waals surface area (Å²) in [5, 5.41) is 7.38. The summed E-state index contributed by atoms with van der Waals surface area (Å²) in [6.07, 6.45) is 0. The van der Waals surface area contributed by atoms with Crippen LogP contribution in [0.4, 0.5) is 17.1 Å². The highest BCUT2D eigenvalue weighted by molar-refractivity contribution is 6.24. The highest BCUT2D eigenvalue weighted by Gasteiger charge is 2.36. The number of nitrogens with zero attached hydrogens (tertiary/aromatic N) is 1. The van der Waals surface area contributed by atoms with Crippen molar-refractivity contribution in [3.63, 3.8) is 0 Å². The molecule has 1 heteroatoms. The highest BCUT2D eigenvalue weighted by atomic mass is 15.1. The molecule has 1 aliphatic carbocycles. The first kappa shape index (κ1) is 34.1. The van der Waals surface area contributed by atoms with E-state index in [1.54, 1.807) is 0 Å². The van der Waals surface area contributed by atoms with E-state index < -0.39 is 0 Å². The van der Waals surface area contributed by atoms with Crippen molar-refractivity contribution >= 4 is 49.4 Å². The lowest BCUT2D eigenvalue weighted by Crippen LogP contribution is -2.17. The molecule has 0 bridgehead atoms. The maximum Gasteiger partial charge on any atom is 0.0625 e. The van der Waals surface area contributed by atoms with Gasteiger partial charge < -0.3 is 4.90 Å². The monoisotopic (exact) mass is 739 g/mol. The van der Waals surface area contributed by atoms with Gasteiger partial charge in [-0.15, -0.1) is 0 Å². The molecular weight excluding hydrogens is 699 g/mol. The van der Waals surface area contributed by atoms with E-state index >= 15 is 0 Å². The molecule has 1 aliphatic rings. The molecule has 0 saturated carbocycles. The summed E-state index contributed by atoms with van der Waals surface area (Å²) < 4.78 is 0. The third-order valence-electron chi connectivity index (χ3n) is 12.4. The molecule has 10 aromatic rings. The molecule has 274 valence electrons. The van der Waals surface area contributed by atoms with Gasteiger partial charge in [0.2, 0.25) is 0 Å². The number of rotatable bonds is 6. The lowest BCUT2D eigenvalue weighted by Gasteiger charge is -2.32. The van der Waals surface area contributed by atoms with Crippen molar-refractivity contribution in [1.29, 1.82) is 0 Å². The van der Waals surface area contributed by atoms with E-state index in [2.05, 4.69) is 231 Å². The maximum absolute atomic E-state index is 2.57. The SMILES string of the molecule is CC1(C)c2ccccc2-c2ccc(N(c3cc(-c4ccccc4)cc(-c4ccccc4)c3)c3c(-c4cccc5ccccc45)c4ccccc4c4ccccc34)cc21. The van der Waals surface area contributed by atoms with Gasteiger partial charge >= 0.3 is 0 Å². The molecule has 10 aromatic carbocycles. The number of benzene rings is 10. The van der Waals surface area contributed by atoms with Crippen LogP contribution in [0.2, 0.25) is 0 Å². The first-order chi connectivity index (χ1) is 28.5. The van der Waals surface area contributed by atoms with Crippen LogP contribution in [0.25, 0.3) is 76.8 Å². The Hall–Kier alpha value is -7.22. The fraction of sp³-hybridized carbons (Fsp3) is 0.0526. The molecule has 0 N–H and O–H groups in total.